The van der Waals surface area contributed by atoms with E-state index in [1.54, 1.807) is 0 Å². The number of guanidine groups is 1. The van der Waals surface area contributed by atoms with Gasteiger partial charge in [-0.05, 0) is 38.5 Å². The lowest BCUT2D eigenvalue weighted by Gasteiger charge is -2.32. The minimum Gasteiger partial charge on any atom is -0.379 e. The molecule has 0 spiro atoms. The van der Waals surface area contributed by atoms with Crippen molar-refractivity contribution in [2.75, 3.05) is 45.9 Å². The number of aliphatic imine (C=N–C) groups is 1. The first kappa shape index (κ1) is 24.6. The molecular weight excluding hydrogens is 469 g/mol. The summed E-state index contributed by atoms with van der Waals surface area (Å²) in [6, 6.07) is 8.02. The lowest BCUT2D eigenvalue weighted by atomic mass is 10.1. The highest BCUT2D eigenvalue weighted by atomic mass is 127. The molecule has 1 heterocycles. The lowest BCUT2D eigenvalue weighted by Crippen LogP contribution is -2.49. The third-order valence-corrected chi connectivity index (χ3v) is 4.55. The Morgan fingerprint density at radius 3 is 2.36 bits per heavy atom. The quantitative estimate of drug-likeness (QED) is 0.287. The maximum absolute atomic E-state index is 11.8. The second-order valence-electron chi connectivity index (χ2n) is 6.63. The van der Waals surface area contributed by atoms with E-state index in [9.17, 15) is 4.79 Å². The molecule has 1 unspecified atom stereocenters. The fourth-order valence-corrected chi connectivity index (χ4v) is 2.93. The molecule has 158 valence electrons. The van der Waals surface area contributed by atoms with Gasteiger partial charge in [-0.1, -0.05) is 12.1 Å². The van der Waals surface area contributed by atoms with Gasteiger partial charge in [-0.25, -0.2) is 4.99 Å². The van der Waals surface area contributed by atoms with E-state index in [1.807, 2.05) is 31.2 Å². The number of ether oxygens (including phenoxy) is 1. The highest BCUT2D eigenvalue weighted by molar-refractivity contribution is 14.0. The zero-order chi connectivity index (χ0) is 19.5. The second-order valence-corrected chi connectivity index (χ2v) is 6.63. The van der Waals surface area contributed by atoms with Gasteiger partial charge >= 0.3 is 0 Å². The Morgan fingerprint density at radius 2 is 1.75 bits per heavy atom. The Bertz CT molecular complexity index is 603. The summed E-state index contributed by atoms with van der Waals surface area (Å²) in [4.78, 5) is 18.9. The van der Waals surface area contributed by atoms with E-state index < -0.39 is 0 Å². The van der Waals surface area contributed by atoms with Gasteiger partial charge in [-0.2, -0.15) is 0 Å². The number of nitrogens with zero attached hydrogens (tertiary/aromatic N) is 2. The number of morpholine rings is 1. The molecule has 0 radical (unpaired) electrons. The molecule has 0 aromatic heterocycles. The summed E-state index contributed by atoms with van der Waals surface area (Å²) >= 11 is 0. The van der Waals surface area contributed by atoms with Gasteiger partial charge in [-0.3, -0.25) is 9.69 Å². The molecule has 1 fully saturated rings. The second kappa shape index (κ2) is 13.7. The minimum absolute atomic E-state index is 0. The van der Waals surface area contributed by atoms with Crippen LogP contribution in [0, 0.1) is 0 Å². The van der Waals surface area contributed by atoms with Crippen LogP contribution in [0.2, 0.25) is 0 Å². The van der Waals surface area contributed by atoms with Crippen LogP contribution in [0.15, 0.2) is 29.3 Å². The molecule has 8 heteroatoms. The van der Waals surface area contributed by atoms with Crippen LogP contribution in [0.5, 0.6) is 0 Å². The minimum atomic E-state index is -0.0420. The number of hydrogen-bond donors (Lipinski definition) is 3. The van der Waals surface area contributed by atoms with Gasteiger partial charge < -0.3 is 20.7 Å². The van der Waals surface area contributed by atoms with Crippen LogP contribution < -0.4 is 16.0 Å². The molecule has 1 saturated heterocycles. The molecule has 1 aliphatic heterocycles. The van der Waals surface area contributed by atoms with Crippen LogP contribution >= 0.6 is 24.0 Å². The third-order valence-electron chi connectivity index (χ3n) is 4.55. The Morgan fingerprint density at radius 1 is 1.11 bits per heavy atom. The van der Waals surface area contributed by atoms with E-state index in [4.69, 9.17) is 4.74 Å². The Hall–Kier alpha value is -1.39. The van der Waals surface area contributed by atoms with Crippen molar-refractivity contribution < 1.29 is 9.53 Å². The van der Waals surface area contributed by atoms with Crippen LogP contribution in [-0.4, -0.2) is 68.7 Å². The predicted octanol–water partition coefficient (Wildman–Crippen LogP) is 1.83. The van der Waals surface area contributed by atoms with Crippen LogP contribution in [0.1, 0.15) is 36.7 Å². The summed E-state index contributed by atoms with van der Waals surface area (Å²) in [5.41, 5.74) is 1.75. The van der Waals surface area contributed by atoms with E-state index in [0.29, 0.717) is 24.7 Å². The van der Waals surface area contributed by atoms with Crippen LogP contribution in [-0.2, 0) is 11.3 Å². The first-order chi connectivity index (χ1) is 13.1. The van der Waals surface area contributed by atoms with Gasteiger partial charge in [0.25, 0.3) is 5.91 Å². The van der Waals surface area contributed by atoms with E-state index in [2.05, 4.69) is 39.7 Å². The summed E-state index contributed by atoms with van der Waals surface area (Å²) in [5.74, 6) is 0.769. The number of amides is 1. The van der Waals surface area contributed by atoms with Crippen molar-refractivity contribution in [3.8, 4) is 0 Å². The van der Waals surface area contributed by atoms with Gasteiger partial charge in [-0.15, -0.1) is 24.0 Å². The summed E-state index contributed by atoms with van der Waals surface area (Å²) < 4.78 is 5.42. The van der Waals surface area contributed by atoms with Crippen molar-refractivity contribution in [2.45, 2.75) is 33.4 Å². The van der Waals surface area contributed by atoms with Crippen molar-refractivity contribution in [1.29, 1.82) is 0 Å². The first-order valence-corrected chi connectivity index (χ1v) is 9.85. The van der Waals surface area contributed by atoms with Gasteiger partial charge in [0, 0.05) is 44.3 Å². The SMILES string of the molecule is CCNC(=O)c1ccc(CN=C(NCC)NCC(C)N2CCOCC2)cc1.I. The van der Waals surface area contributed by atoms with Crippen LogP contribution in [0.25, 0.3) is 0 Å². The van der Waals surface area contributed by atoms with Gasteiger partial charge in [0.2, 0.25) is 0 Å². The van der Waals surface area contributed by atoms with Crippen molar-refractivity contribution >= 4 is 35.8 Å². The van der Waals surface area contributed by atoms with E-state index in [0.717, 1.165) is 50.9 Å². The predicted molar refractivity (Wildman–Crippen MR) is 125 cm³/mol. The van der Waals surface area contributed by atoms with Crippen molar-refractivity contribution in [3.05, 3.63) is 35.4 Å². The molecule has 7 nitrogen and oxygen atoms in total. The smallest absolute Gasteiger partial charge is 0.251 e. The maximum Gasteiger partial charge on any atom is 0.251 e. The van der Waals surface area contributed by atoms with Crippen LogP contribution in [0.3, 0.4) is 0 Å². The van der Waals surface area contributed by atoms with Crippen molar-refractivity contribution in [3.63, 3.8) is 0 Å². The number of rotatable bonds is 8. The highest BCUT2D eigenvalue weighted by Gasteiger charge is 2.16. The Balaban J connectivity index is 0.00000392. The molecular formula is C20H34IN5O2. The zero-order valence-electron chi connectivity index (χ0n) is 17.2. The van der Waals surface area contributed by atoms with Crippen LogP contribution in [0.4, 0.5) is 0 Å². The van der Waals surface area contributed by atoms with E-state index >= 15 is 0 Å². The molecule has 0 saturated carbocycles. The standard InChI is InChI=1S/C20H33N5O2.HI/c1-4-21-19(26)18-8-6-17(7-9-18)15-24-20(22-5-2)23-14-16(3)25-10-12-27-13-11-25;/h6-9,16H,4-5,10-15H2,1-3H3,(H,21,26)(H2,22,23,24);1H. The Labute approximate surface area is 185 Å². The summed E-state index contributed by atoms with van der Waals surface area (Å²) in [6.07, 6.45) is 0. The molecule has 0 bridgehead atoms. The molecule has 1 aromatic carbocycles. The average Bonchev–Trinajstić information content (AvgIpc) is 2.71. The molecule has 1 aliphatic rings. The molecule has 28 heavy (non-hydrogen) atoms. The van der Waals surface area contributed by atoms with E-state index in [-0.39, 0.29) is 29.9 Å². The molecule has 3 N–H and O–H groups in total. The van der Waals surface area contributed by atoms with Gasteiger partial charge in [0.05, 0.1) is 19.8 Å². The molecule has 1 atom stereocenters. The fraction of sp³-hybridized carbons (Fsp3) is 0.600. The number of carbonyl (C=O) groups excluding carboxylic acids is 1. The highest BCUT2D eigenvalue weighted by Crippen LogP contribution is 2.06. The molecule has 1 aromatic rings. The summed E-state index contributed by atoms with van der Waals surface area (Å²) in [7, 11) is 0. The molecule has 1 amide bonds. The summed E-state index contributed by atoms with van der Waals surface area (Å²) in [5, 5.41) is 9.52. The third kappa shape index (κ3) is 8.32. The number of carbonyl (C=O) groups is 1. The lowest BCUT2D eigenvalue weighted by molar-refractivity contribution is 0.0211. The largest absolute Gasteiger partial charge is 0.379 e. The van der Waals surface area contributed by atoms with Gasteiger partial charge in [0.15, 0.2) is 5.96 Å². The van der Waals surface area contributed by atoms with Crippen molar-refractivity contribution in [2.24, 2.45) is 4.99 Å². The number of halogens is 1. The average molecular weight is 503 g/mol. The monoisotopic (exact) mass is 503 g/mol. The number of benzene rings is 1. The fourth-order valence-electron chi connectivity index (χ4n) is 2.93. The molecule has 2 rings (SSSR count). The summed E-state index contributed by atoms with van der Waals surface area (Å²) in [6.45, 7) is 12.6. The van der Waals surface area contributed by atoms with Crippen molar-refractivity contribution in [1.82, 2.24) is 20.9 Å². The number of nitrogens with one attached hydrogen (secondary N) is 3. The first-order valence-electron chi connectivity index (χ1n) is 9.85. The maximum atomic E-state index is 11.8. The topological polar surface area (TPSA) is 78.0 Å². The Kier molecular flexibility index (Phi) is 12.1. The zero-order valence-corrected chi connectivity index (χ0v) is 19.5. The molecule has 0 aliphatic carbocycles. The van der Waals surface area contributed by atoms with E-state index in [1.165, 1.54) is 0 Å². The van der Waals surface area contributed by atoms with Gasteiger partial charge in [0.1, 0.15) is 0 Å². The number of hydrogen-bond acceptors (Lipinski definition) is 4. The normalized spacial score (nSPS) is 16.0.